The fourth-order valence-electron chi connectivity index (χ4n) is 1.68. The molecule has 0 aromatic carbocycles. The van der Waals surface area contributed by atoms with Crippen molar-refractivity contribution >= 4 is 0 Å². The summed E-state index contributed by atoms with van der Waals surface area (Å²) >= 11 is 0. The first-order valence-electron chi connectivity index (χ1n) is 3.71. The maximum atomic E-state index is 9.17. The molecule has 0 aliphatic carbocycles. The normalized spacial score (nSPS) is 47.1. The van der Waals surface area contributed by atoms with E-state index in [-0.39, 0.29) is 11.7 Å². The van der Waals surface area contributed by atoms with Crippen LogP contribution in [0.15, 0.2) is 0 Å². The third kappa shape index (κ3) is 0.944. The summed E-state index contributed by atoms with van der Waals surface area (Å²) in [5, 5.41) is 9.17. The van der Waals surface area contributed by atoms with Crippen LogP contribution in [0.4, 0.5) is 0 Å². The molecular weight excluding hydrogens is 132 g/mol. The van der Waals surface area contributed by atoms with Gasteiger partial charge in [0.05, 0.1) is 24.9 Å². The van der Waals surface area contributed by atoms with Gasteiger partial charge < -0.3 is 14.6 Å². The van der Waals surface area contributed by atoms with Gasteiger partial charge in [-0.05, 0) is 0 Å². The summed E-state index contributed by atoms with van der Waals surface area (Å²) in [7, 11) is 0. The van der Waals surface area contributed by atoms with Crippen LogP contribution in [0, 0.1) is 0 Å². The molecule has 0 amide bonds. The molecule has 2 aliphatic rings. The highest BCUT2D eigenvalue weighted by molar-refractivity contribution is 4.91. The molecule has 2 rings (SSSR count). The van der Waals surface area contributed by atoms with Gasteiger partial charge >= 0.3 is 0 Å². The molecule has 2 fully saturated rings. The van der Waals surface area contributed by atoms with Gasteiger partial charge in [0.2, 0.25) is 0 Å². The Morgan fingerprint density at radius 3 is 2.90 bits per heavy atom. The SMILES string of the molecule is OC1COC2(CCOC2)C1. The minimum absolute atomic E-state index is 0.112. The monoisotopic (exact) mass is 144 g/mol. The molecule has 0 saturated carbocycles. The second-order valence-corrected chi connectivity index (χ2v) is 3.15. The van der Waals surface area contributed by atoms with Crippen LogP contribution in [0.5, 0.6) is 0 Å². The van der Waals surface area contributed by atoms with Crippen LogP contribution in [0.25, 0.3) is 0 Å². The van der Waals surface area contributed by atoms with E-state index in [0.717, 1.165) is 19.4 Å². The summed E-state index contributed by atoms with van der Waals surface area (Å²) in [5.41, 5.74) is -0.112. The lowest BCUT2D eigenvalue weighted by molar-refractivity contribution is -0.00556. The van der Waals surface area contributed by atoms with Gasteiger partial charge in [-0.2, -0.15) is 0 Å². The van der Waals surface area contributed by atoms with Crippen molar-refractivity contribution in [3.63, 3.8) is 0 Å². The molecule has 2 unspecified atom stereocenters. The Bertz CT molecular complexity index is 129. The molecule has 3 nitrogen and oxygen atoms in total. The zero-order chi connectivity index (χ0) is 7.03. The van der Waals surface area contributed by atoms with Crippen molar-refractivity contribution < 1.29 is 14.6 Å². The molecule has 2 heterocycles. The molecule has 0 bridgehead atoms. The first-order chi connectivity index (χ1) is 4.81. The highest BCUT2D eigenvalue weighted by Crippen LogP contribution is 2.33. The number of hydrogen-bond donors (Lipinski definition) is 1. The molecule has 0 aromatic heterocycles. The van der Waals surface area contributed by atoms with E-state index in [2.05, 4.69) is 0 Å². The lowest BCUT2D eigenvalue weighted by Gasteiger charge is -2.18. The Kier molecular flexibility index (Phi) is 1.44. The number of aliphatic hydroxyl groups excluding tert-OH is 1. The minimum atomic E-state index is -0.262. The predicted molar refractivity (Wildman–Crippen MR) is 34.7 cm³/mol. The number of rotatable bonds is 0. The molecule has 10 heavy (non-hydrogen) atoms. The Morgan fingerprint density at radius 2 is 2.40 bits per heavy atom. The molecule has 1 N–H and O–H groups in total. The largest absolute Gasteiger partial charge is 0.391 e. The van der Waals surface area contributed by atoms with Crippen LogP contribution in [0.2, 0.25) is 0 Å². The molecule has 2 atom stereocenters. The smallest absolute Gasteiger partial charge is 0.0963 e. The maximum absolute atomic E-state index is 9.17. The van der Waals surface area contributed by atoms with Gasteiger partial charge in [0.15, 0.2) is 0 Å². The lowest BCUT2D eigenvalue weighted by Crippen LogP contribution is -2.28. The summed E-state index contributed by atoms with van der Waals surface area (Å²) < 4.78 is 10.6. The molecular formula is C7H12O3. The lowest BCUT2D eigenvalue weighted by atomic mass is 9.99. The highest BCUT2D eigenvalue weighted by Gasteiger charge is 2.42. The average molecular weight is 144 g/mol. The molecule has 2 saturated heterocycles. The van der Waals surface area contributed by atoms with Gasteiger partial charge in [-0.25, -0.2) is 0 Å². The first kappa shape index (κ1) is 6.58. The minimum Gasteiger partial charge on any atom is -0.391 e. The zero-order valence-corrected chi connectivity index (χ0v) is 5.88. The van der Waals surface area contributed by atoms with E-state index in [0.29, 0.717) is 13.2 Å². The van der Waals surface area contributed by atoms with Crippen molar-refractivity contribution in [2.75, 3.05) is 19.8 Å². The molecule has 58 valence electrons. The number of ether oxygens (including phenoxy) is 2. The molecule has 0 aromatic rings. The van der Waals surface area contributed by atoms with Crippen molar-refractivity contribution in [3.8, 4) is 0 Å². The second-order valence-electron chi connectivity index (χ2n) is 3.15. The van der Waals surface area contributed by atoms with Crippen molar-refractivity contribution in [1.82, 2.24) is 0 Å². The molecule has 3 heteroatoms. The van der Waals surface area contributed by atoms with Crippen LogP contribution >= 0.6 is 0 Å². The number of hydrogen-bond acceptors (Lipinski definition) is 3. The Hall–Kier alpha value is -0.120. The van der Waals surface area contributed by atoms with Gasteiger partial charge in [0.1, 0.15) is 0 Å². The fraction of sp³-hybridized carbons (Fsp3) is 1.00. The van der Waals surface area contributed by atoms with E-state index in [1.54, 1.807) is 0 Å². The average Bonchev–Trinajstić information content (AvgIpc) is 2.46. The standard InChI is InChI=1S/C7H12O3/c8-6-3-7(10-4-6)1-2-9-5-7/h6,8H,1-5H2. The van der Waals surface area contributed by atoms with E-state index in [1.807, 2.05) is 0 Å². The molecule has 0 radical (unpaired) electrons. The maximum Gasteiger partial charge on any atom is 0.0963 e. The van der Waals surface area contributed by atoms with Gasteiger partial charge in [-0.1, -0.05) is 0 Å². The first-order valence-corrected chi connectivity index (χ1v) is 3.71. The summed E-state index contributed by atoms with van der Waals surface area (Å²) in [6.07, 6.45) is 1.44. The van der Waals surface area contributed by atoms with E-state index in [9.17, 15) is 5.11 Å². The van der Waals surface area contributed by atoms with Crippen LogP contribution in [0.3, 0.4) is 0 Å². The van der Waals surface area contributed by atoms with Crippen molar-refractivity contribution in [2.24, 2.45) is 0 Å². The summed E-state index contributed by atoms with van der Waals surface area (Å²) in [4.78, 5) is 0. The third-order valence-corrected chi connectivity index (χ3v) is 2.26. The van der Waals surface area contributed by atoms with E-state index in [1.165, 1.54) is 0 Å². The quantitative estimate of drug-likeness (QED) is 0.517. The highest BCUT2D eigenvalue weighted by atomic mass is 16.6. The van der Waals surface area contributed by atoms with Crippen molar-refractivity contribution in [1.29, 1.82) is 0 Å². The van der Waals surface area contributed by atoms with Crippen LogP contribution < -0.4 is 0 Å². The van der Waals surface area contributed by atoms with Gasteiger partial charge in [0, 0.05) is 19.4 Å². The van der Waals surface area contributed by atoms with Gasteiger partial charge in [-0.15, -0.1) is 0 Å². The van der Waals surface area contributed by atoms with E-state index >= 15 is 0 Å². The number of aliphatic hydroxyl groups is 1. The van der Waals surface area contributed by atoms with Crippen molar-refractivity contribution in [2.45, 2.75) is 24.5 Å². The second kappa shape index (κ2) is 2.19. The fourth-order valence-corrected chi connectivity index (χ4v) is 1.68. The van der Waals surface area contributed by atoms with Crippen molar-refractivity contribution in [3.05, 3.63) is 0 Å². The molecule has 2 aliphatic heterocycles. The Balaban J connectivity index is 2.03. The Morgan fingerprint density at radius 1 is 1.50 bits per heavy atom. The third-order valence-electron chi connectivity index (χ3n) is 2.26. The van der Waals surface area contributed by atoms with Gasteiger partial charge in [0.25, 0.3) is 0 Å². The topological polar surface area (TPSA) is 38.7 Å². The van der Waals surface area contributed by atoms with E-state index < -0.39 is 0 Å². The summed E-state index contributed by atoms with van der Waals surface area (Å²) in [6, 6.07) is 0. The predicted octanol–water partition coefficient (Wildman–Crippen LogP) is -0.0733. The van der Waals surface area contributed by atoms with Gasteiger partial charge in [-0.3, -0.25) is 0 Å². The van der Waals surface area contributed by atoms with Crippen LogP contribution in [0.1, 0.15) is 12.8 Å². The summed E-state index contributed by atoms with van der Waals surface area (Å²) in [6.45, 7) is 1.94. The van der Waals surface area contributed by atoms with E-state index in [4.69, 9.17) is 9.47 Å². The molecule has 1 spiro atoms. The van der Waals surface area contributed by atoms with Crippen LogP contribution in [-0.2, 0) is 9.47 Å². The van der Waals surface area contributed by atoms with Crippen LogP contribution in [-0.4, -0.2) is 36.6 Å². The summed E-state index contributed by atoms with van der Waals surface area (Å²) in [5.74, 6) is 0. The Labute approximate surface area is 59.9 Å². The zero-order valence-electron chi connectivity index (χ0n) is 5.88.